The van der Waals surface area contributed by atoms with E-state index in [-0.39, 0.29) is 34.4 Å². The summed E-state index contributed by atoms with van der Waals surface area (Å²) in [7, 11) is 1.46. The number of rotatable bonds is 2. The summed E-state index contributed by atoms with van der Waals surface area (Å²) in [5.41, 5.74) is 2.72. The minimum absolute atomic E-state index is 0.00921. The molecule has 2 unspecified atom stereocenters. The minimum atomic E-state index is -0.190. The van der Waals surface area contributed by atoms with Crippen LogP contribution in [0.15, 0.2) is 22.8 Å². The van der Waals surface area contributed by atoms with Crippen molar-refractivity contribution in [2.24, 2.45) is 22.7 Å². The van der Waals surface area contributed by atoms with Crippen molar-refractivity contribution in [2.45, 2.75) is 73.6 Å². The molecule has 2 rings (SSSR count). The van der Waals surface area contributed by atoms with Gasteiger partial charge in [0.25, 0.3) is 0 Å². The van der Waals surface area contributed by atoms with Gasteiger partial charge in [-0.1, -0.05) is 53.2 Å². The van der Waals surface area contributed by atoms with Crippen LogP contribution < -0.4 is 0 Å². The lowest BCUT2D eigenvalue weighted by molar-refractivity contribution is -0.136. The van der Waals surface area contributed by atoms with E-state index in [1.165, 1.54) is 12.7 Å². The third-order valence-electron chi connectivity index (χ3n) is 5.68. The van der Waals surface area contributed by atoms with Crippen LogP contribution in [0.1, 0.15) is 73.6 Å². The Hall–Kier alpha value is -1.38. The van der Waals surface area contributed by atoms with E-state index in [0.29, 0.717) is 0 Å². The van der Waals surface area contributed by atoms with Crippen molar-refractivity contribution in [1.29, 1.82) is 0 Å². The second-order valence-electron chi connectivity index (χ2n) is 9.66. The number of hydrogen-bond acceptors (Lipinski definition) is 3. The summed E-state index contributed by atoms with van der Waals surface area (Å²) in [6, 6.07) is 0. The molecule has 0 saturated carbocycles. The lowest BCUT2D eigenvalue weighted by atomic mass is 9.63. The van der Waals surface area contributed by atoms with Crippen LogP contribution in [0.4, 0.5) is 0 Å². The van der Waals surface area contributed by atoms with E-state index < -0.39 is 0 Å². The van der Waals surface area contributed by atoms with Crippen molar-refractivity contribution < 1.29 is 14.3 Å². The molecule has 0 amide bonds. The Balaban J connectivity index is 2.55. The molecule has 0 heterocycles. The fourth-order valence-corrected chi connectivity index (χ4v) is 4.20. The average Bonchev–Trinajstić information content (AvgIpc) is 2.52. The molecule has 2 aliphatic carbocycles. The van der Waals surface area contributed by atoms with Gasteiger partial charge in [0.05, 0.1) is 7.11 Å². The Morgan fingerprint density at radius 2 is 1.68 bits per heavy atom. The molecular formula is C22H34O3. The van der Waals surface area contributed by atoms with Gasteiger partial charge in [-0.25, -0.2) is 4.79 Å². The number of hydrogen-bond donors (Lipinski definition) is 0. The van der Waals surface area contributed by atoms with E-state index in [0.717, 1.165) is 43.3 Å². The largest absolute Gasteiger partial charge is 0.466 e. The molecule has 0 spiro atoms. The van der Waals surface area contributed by atoms with E-state index in [4.69, 9.17) is 4.74 Å². The van der Waals surface area contributed by atoms with E-state index in [1.54, 1.807) is 0 Å². The Morgan fingerprint density at radius 1 is 1.08 bits per heavy atom. The number of ketones is 1. The van der Waals surface area contributed by atoms with E-state index in [9.17, 15) is 9.59 Å². The molecule has 0 aliphatic heterocycles. The summed E-state index contributed by atoms with van der Waals surface area (Å²) in [4.78, 5) is 25.4. The average molecular weight is 347 g/mol. The number of carbonyl (C=O) groups excluding carboxylic acids is 2. The van der Waals surface area contributed by atoms with Gasteiger partial charge in [0.1, 0.15) is 0 Å². The Labute approximate surface area is 152 Å². The lowest BCUT2D eigenvalue weighted by Gasteiger charge is -2.40. The van der Waals surface area contributed by atoms with Crippen molar-refractivity contribution >= 4 is 11.8 Å². The summed E-state index contributed by atoms with van der Waals surface area (Å²) in [5.74, 6) is 0.257. The molecule has 3 heteroatoms. The monoisotopic (exact) mass is 346 g/mol. The van der Waals surface area contributed by atoms with Crippen LogP contribution in [0, 0.1) is 22.7 Å². The fourth-order valence-electron chi connectivity index (χ4n) is 4.20. The topological polar surface area (TPSA) is 43.4 Å². The number of allylic oxidation sites excluding steroid dienone is 3. The van der Waals surface area contributed by atoms with Crippen LogP contribution in [-0.2, 0) is 14.3 Å². The zero-order chi connectivity index (χ0) is 19.0. The first-order valence-corrected chi connectivity index (χ1v) is 9.53. The molecule has 2 atom stereocenters. The first-order valence-electron chi connectivity index (χ1n) is 9.53. The molecular weight excluding hydrogens is 312 g/mol. The van der Waals surface area contributed by atoms with Crippen molar-refractivity contribution in [3.8, 4) is 0 Å². The summed E-state index contributed by atoms with van der Waals surface area (Å²) < 4.78 is 5.04. The maximum Gasteiger partial charge on any atom is 0.333 e. The second kappa shape index (κ2) is 7.09. The summed E-state index contributed by atoms with van der Waals surface area (Å²) >= 11 is 0. The van der Waals surface area contributed by atoms with Crippen LogP contribution in [0.3, 0.4) is 0 Å². The zero-order valence-corrected chi connectivity index (χ0v) is 17.0. The van der Waals surface area contributed by atoms with E-state index >= 15 is 0 Å². The highest BCUT2D eigenvalue weighted by molar-refractivity contribution is 6.00. The highest BCUT2D eigenvalue weighted by Crippen LogP contribution is 2.46. The van der Waals surface area contributed by atoms with Gasteiger partial charge in [0, 0.05) is 11.5 Å². The minimum Gasteiger partial charge on any atom is -0.466 e. The first-order chi connectivity index (χ1) is 11.5. The smallest absolute Gasteiger partial charge is 0.333 e. The number of Topliss-reactive ketones (excluding diaryl/α,β-unsaturated/α-hetero) is 1. The summed E-state index contributed by atoms with van der Waals surface area (Å²) in [6.07, 6.45) is 6.85. The molecule has 0 aromatic heterocycles. The normalized spacial score (nSPS) is 25.7. The molecule has 25 heavy (non-hydrogen) atoms. The molecule has 3 nitrogen and oxygen atoms in total. The predicted octanol–water partition coefficient (Wildman–Crippen LogP) is 5.25. The third-order valence-corrected chi connectivity index (χ3v) is 5.68. The maximum absolute atomic E-state index is 13.1. The fraction of sp³-hybridized carbons (Fsp3) is 0.727. The third kappa shape index (κ3) is 4.24. The van der Waals surface area contributed by atoms with Crippen molar-refractivity contribution in [1.82, 2.24) is 0 Å². The van der Waals surface area contributed by atoms with Crippen LogP contribution >= 0.6 is 0 Å². The maximum atomic E-state index is 13.1. The summed E-state index contributed by atoms with van der Waals surface area (Å²) in [6.45, 7) is 12.8. The predicted molar refractivity (Wildman–Crippen MR) is 101 cm³/mol. The number of ether oxygens (including phenoxy) is 1. The van der Waals surface area contributed by atoms with E-state index in [2.05, 4.69) is 47.6 Å². The summed E-state index contributed by atoms with van der Waals surface area (Å²) in [5, 5.41) is 0. The number of methoxy groups -OCH3 is 1. The van der Waals surface area contributed by atoms with Crippen molar-refractivity contribution in [3.63, 3.8) is 0 Å². The van der Waals surface area contributed by atoms with Gasteiger partial charge in [-0.2, -0.15) is 0 Å². The molecule has 140 valence electrons. The Bertz CT molecular complexity index is 608. The molecule has 0 radical (unpaired) electrons. The van der Waals surface area contributed by atoms with Gasteiger partial charge in [-0.05, 0) is 54.4 Å². The molecule has 0 aromatic carbocycles. The SMILES string of the molecule is COC(=O)C1=C(C2C=C(C(C)(C)C)C(=O)C(C(C)(C)C)C2)CCCC1. The Morgan fingerprint density at radius 3 is 2.20 bits per heavy atom. The van der Waals surface area contributed by atoms with E-state index in [1.807, 2.05) is 0 Å². The highest BCUT2D eigenvalue weighted by atomic mass is 16.5. The number of esters is 1. The van der Waals surface area contributed by atoms with Crippen LogP contribution in [0.5, 0.6) is 0 Å². The molecule has 0 fully saturated rings. The van der Waals surface area contributed by atoms with Gasteiger partial charge in [0.15, 0.2) is 5.78 Å². The second-order valence-corrected chi connectivity index (χ2v) is 9.66. The molecule has 0 bridgehead atoms. The molecule has 0 aromatic rings. The van der Waals surface area contributed by atoms with Gasteiger partial charge >= 0.3 is 5.97 Å². The first kappa shape index (κ1) is 19.9. The van der Waals surface area contributed by atoms with Gasteiger partial charge in [0.2, 0.25) is 0 Å². The van der Waals surface area contributed by atoms with Crippen LogP contribution in [-0.4, -0.2) is 18.9 Å². The highest BCUT2D eigenvalue weighted by Gasteiger charge is 2.42. The van der Waals surface area contributed by atoms with Crippen molar-refractivity contribution in [3.05, 3.63) is 22.8 Å². The standard InChI is InChI=1S/C22H34O3/c1-21(2,3)17-12-14(13-18(19(17)23)22(4,5)6)15-10-8-9-11-16(15)20(24)25-7/h12,14,18H,8-11,13H2,1-7H3. The van der Waals surface area contributed by atoms with Gasteiger partial charge in [-0.3, -0.25) is 4.79 Å². The van der Waals surface area contributed by atoms with Gasteiger partial charge < -0.3 is 4.74 Å². The Kier molecular flexibility index (Phi) is 5.65. The van der Waals surface area contributed by atoms with Gasteiger partial charge in [-0.15, -0.1) is 0 Å². The quantitative estimate of drug-likeness (QED) is 0.641. The zero-order valence-electron chi connectivity index (χ0n) is 17.0. The van der Waals surface area contributed by atoms with Crippen LogP contribution in [0.2, 0.25) is 0 Å². The molecule has 0 N–H and O–H groups in total. The van der Waals surface area contributed by atoms with Crippen LogP contribution in [0.25, 0.3) is 0 Å². The lowest BCUT2D eigenvalue weighted by Crippen LogP contribution is -2.38. The molecule has 0 saturated heterocycles. The molecule has 2 aliphatic rings. The van der Waals surface area contributed by atoms with Crippen molar-refractivity contribution in [2.75, 3.05) is 7.11 Å². The number of carbonyl (C=O) groups is 2.